The smallest absolute Gasteiger partial charge is 0.109 e. The highest BCUT2D eigenvalue weighted by molar-refractivity contribution is 5.57. The molecule has 3 rings (SSSR count). The highest BCUT2D eigenvalue weighted by Gasteiger charge is 2.18. The monoisotopic (exact) mass is 213 g/mol. The molecule has 0 spiro atoms. The maximum Gasteiger partial charge on any atom is 0.109 e. The third kappa shape index (κ3) is 1.52. The molecule has 1 aliphatic rings. The van der Waals surface area contributed by atoms with Gasteiger partial charge in [-0.25, -0.2) is 4.98 Å². The molecule has 82 valence electrons. The summed E-state index contributed by atoms with van der Waals surface area (Å²) in [6.45, 7) is 2.26. The van der Waals surface area contributed by atoms with E-state index in [1.807, 2.05) is 24.5 Å². The predicted molar refractivity (Wildman–Crippen MR) is 63.1 cm³/mol. The molecule has 0 amide bonds. The van der Waals surface area contributed by atoms with Crippen molar-refractivity contribution in [3.8, 4) is 11.3 Å². The van der Waals surface area contributed by atoms with Crippen LogP contribution in [0.5, 0.6) is 0 Å². The van der Waals surface area contributed by atoms with E-state index in [0.29, 0.717) is 6.04 Å². The fourth-order valence-electron chi connectivity index (χ4n) is 2.35. The van der Waals surface area contributed by atoms with Gasteiger partial charge in [-0.1, -0.05) is 0 Å². The highest BCUT2D eigenvalue weighted by atomic mass is 15.1. The Morgan fingerprint density at radius 3 is 2.88 bits per heavy atom. The first-order valence-corrected chi connectivity index (χ1v) is 5.83. The molecule has 0 fully saturated rings. The summed E-state index contributed by atoms with van der Waals surface area (Å²) < 4.78 is 2.32. The zero-order valence-corrected chi connectivity index (χ0v) is 9.43. The second kappa shape index (κ2) is 3.74. The Balaban J connectivity index is 2.05. The van der Waals surface area contributed by atoms with Crippen LogP contribution >= 0.6 is 0 Å². The molecule has 1 aliphatic heterocycles. The Morgan fingerprint density at radius 2 is 2.12 bits per heavy atom. The number of imidazole rings is 1. The van der Waals surface area contributed by atoms with E-state index in [1.54, 1.807) is 0 Å². The van der Waals surface area contributed by atoms with Crippen molar-refractivity contribution < 1.29 is 0 Å². The molecule has 0 saturated carbocycles. The first-order chi connectivity index (χ1) is 7.84. The molecular formula is C13H15N3. The van der Waals surface area contributed by atoms with E-state index in [-0.39, 0.29) is 0 Å². The van der Waals surface area contributed by atoms with Gasteiger partial charge in [-0.3, -0.25) is 4.98 Å². The zero-order chi connectivity index (χ0) is 11.0. The lowest BCUT2D eigenvalue weighted by Crippen LogP contribution is -2.14. The second-order valence-electron chi connectivity index (χ2n) is 4.43. The third-order valence-corrected chi connectivity index (χ3v) is 3.28. The fourth-order valence-corrected chi connectivity index (χ4v) is 2.35. The highest BCUT2D eigenvalue weighted by Crippen LogP contribution is 2.27. The Labute approximate surface area is 95.2 Å². The molecule has 3 heterocycles. The molecule has 0 aromatic carbocycles. The lowest BCUT2D eigenvalue weighted by atomic mass is 10.1. The van der Waals surface area contributed by atoms with E-state index in [0.717, 1.165) is 17.7 Å². The summed E-state index contributed by atoms with van der Waals surface area (Å²) in [5.74, 6) is 1.23. The molecule has 2 aromatic heterocycles. The quantitative estimate of drug-likeness (QED) is 0.729. The molecule has 3 heteroatoms. The largest absolute Gasteiger partial charge is 0.331 e. The van der Waals surface area contributed by atoms with Gasteiger partial charge in [-0.15, -0.1) is 0 Å². The Morgan fingerprint density at radius 1 is 1.31 bits per heavy atom. The van der Waals surface area contributed by atoms with Crippen molar-refractivity contribution in [2.45, 2.75) is 32.2 Å². The van der Waals surface area contributed by atoms with Gasteiger partial charge in [0.25, 0.3) is 0 Å². The minimum absolute atomic E-state index is 0.590. The van der Waals surface area contributed by atoms with Crippen LogP contribution in [-0.4, -0.2) is 14.5 Å². The van der Waals surface area contributed by atoms with Gasteiger partial charge in [0.15, 0.2) is 0 Å². The summed E-state index contributed by atoms with van der Waals surface area (Å²) in [7, 11) is 0. The molecule has 0 unspecified atom stereocenters. The fraction of sp³-hybridized carbons (Fsp3) is 0.385. The van der Waals surface area contributed by atoms with Gasteiger partial charge in [0, 0.05) is 36.6 Å². The number of aromatic nitrogens is 3. The normalized spacial score (nSPS) is 19.4. The number of hydrogen-bond acceptors (Lipinski definition) is 2. The van der Waals surface area contributed by atoms with Crippen molar-refractivity contribution in [1.82, 2.24) is 14.5 Å². The molecule has 0 saturated heterocycles. The number of nitrogens with zero attached hydrogens (tertiary/aromatic N) is 3. The number of aryl methyl sites for hydroxylation is 1. The summed E-state index contributed by atoms with van der Waals surface area (Å²) in [5.41, 5.74) is 2.23. The summed E-state index contributed by atoms with van der Waals surface area (Å²) in [5, 5.41) is 0. The SMILES string of the molecule is C[C@H]1CCCc2nc(-c3ccncc3)cn21. The van der Waals surface area contributed by atoms with Gasteiger partial charge in [-0.2, -0.15) is 0 Å². The van der Waals surface area contributed by atoms with Gasteiger partial charge in [0.1, 0.15) is 5.82 Å². The molecule has 1 atom stereocenters. The maximum absolute atomic E-state index is 4.71. The molecule has 0 aliphatic carbocycles. The maximum atomic E-state index is 4.71. The number of pyridine rings is 1. The first-order valence-electron chi connectivity index (χ1n) is 5.83. The Kier molecular flexibility index (Phi) is 2.24. The van der Waals surface area contributed by atoms with Crippen molar-refractivity contribution in [3.05, 3.63) is 36.5 Å². The van der Waals surface area contributed by atoms with Crippen LogP contribution in [0.15, 0.2) is 30.7 Å². The summed E-state index contributed by atoms with van der Waals surface area (Å²) in [6, 6.07) is 4.62. The second-order valence-corrected chi connectivity index (χ2v) is 4.43. The summed E-state index contributed by atoms with van der Waals surface area (Å²) in [4.78, 5) is 8.74. The van der Waals surface area contributed by atoms with Gasteiger partial charge >= 0.3 is 0 Å². The average Bonchev–Trinajstić information content (AvgIpc) is 2.76. The zero-order valence-electron chi connectivity index (χ0n) is 9.43. The predicted octanol–water partition coefficient (Wildman–Crippen LogP) is 2.84. The van der Waals surface area contributed by atoms with Crippen molar-refractivity contribution in [2.24, 2.45) is 0 Å². The minimum atomic E-state index is 0.590. The molecule has 0 bridgehead atoms. The molecule has 2 aromatic rings. The van der Waals surface area contributed by atoms with Crippen LogP contribution in [0.4, 0.5) is 0 Å². The van der Waals surface area contributed by atoms with E-state index in [4.69, 9.17) is 4.98 Å². The van der Waals surface area contributed by atoms with E-state index in [9.17, 15) is 0 Å². The van der Waals surface area contributed by atoms with Crippen LogP contribution in [0.3, 0.4) is 0 Å². The van der Waals surface area contributed by atoms with Gasteiger partial charge < -0.3 is 4.57 Å². The average molecular weight is 213 g/mol. The van der Waals surface area contributed by atoms with E-state index < -0.39 is 0 Å². The molecular weight excluding hydrogens is 198 g/mol. The topological polar surface area (TPSA) is 30.7 Å². The minimum Gasteiger partial charge on any atom is -0.331 e. The van der Waals surface area contributed by atoms with Crippen LogP contribution in [0.1, 0.15) is 31.6 Å². The molecule has 3 nitrogen and oxygen atoms in total. The van der Waals surface area contributed by atoms with Crippen LogP contribution in [0, 0.1) is 0 Å². The Bertz CT molecular complexity index is 487. The molecule has 0 N–H and O–H groups in total. The molecule has 0 radical (unpaired) electrons. The van der Waals surface area contributed by atoms with Crippen molar-refractivity contribution >= 4 is 0 Å². The van der Waals surface area contributed by atoms with Crippen molar-refractivity contribution in [3.63, 3.8) is 0 Å². The molecule has 16 heavy (non-hydrogen) atoms. The van der Waals surface area contributed by atoms with E-state index in [2.05, 4.69) is 22.7 Å². The standard InChI is InChI=1S/C13H15N3/c1-10-3-2-4-13-15-12(9-16(10)13)11-5-7-14-8-6-11/h5-10H,2-4H2,1H3/t10-/m0/s1. The van der Waals surface area contributed by atoms with Crippen LogP contribution in [-0.2, 0) is 6.42 Å². The first kappa shape index (κ1) is 9.58. The van der Waals surface area contributed by atoms with Gasteiger partial charge in [-0.05, 0) is 31.9 Å². The van der Waals surface area contributed by atoms with Crippen LogP contribution in [0.25, 0.3) is 11.3 Å². The number of fused-ring (bicyclic) bond motifs is 1. The van der Waals surface area contributed by atoms with E-state index >= 15 is 0 Å². The van der Waals surface area contributed by atoms with Crippen molar-refractivity contribution in [2.75, 3.05) is 0 Å². The van der Waals surface area contributed by atoms with Crippen molar-refractivity contribution in [1.29, 1.82) is 0 Å². The Hall–Kier alpha value is -1.64. The number of rotatable bonds is 1. The van der Waals surface area contributed by atoms with Crippen LogP contribution < -0.4 is 0 Å². The van der Waals surface area contributed by atoms with Crippen LogP contribution in [0.2, 0.25) is 0 Å². The third-order valence-electron chi connectivity index (χ3n) is 3.28. The van der Waals surface area contributed by atoms with E-state index in [1.165, 1.54) is 18.7 Å². The van der Waals surface area contributed by atoms with Gasteiger partial charge in [0.05, 0.1) is 5.69 Å². The summed E-state index contributed by atoms with van der Waals surface area (Å²) >= 11 is 0. The lowest BCUT2D eigenvalue weighted by Gasteiger charge is -2.20. The number of hydrogen-bond donors (Lipinski definition) is 0. The summed E-state index contributed by atoms with van der Waals surface area (Å²) in [6.07, 6.45) is 9.44. The van der Waals surface area contributed by atoms with Gasteiger partial charge in [0.2, 0.25) is 0 Å². The lowest BCUT2D eigenvalue weighted by molar-refractivity contribution is 0.426.